The number of aliphatic hydroxyl groups is 1. The third-order valence-electron chi connectivity index (χ3n) is 4.31. The summed E-state index contributed by atoms with van der Waals surface area (Å²) >= 11 is 0. The highest BCUT2D eigenvalue weighted by Crippen LogP contribution is 2.31. The number of anilines is 1. The van der Waals surface area contributed by atoms with Gasteiger partial charge in [-0.1, -0.05) is 12.1 Å². The second-order valence-electron chi connectivity index (χ2n) is 6.02. The molecule has 2 heterocycles. The summed E-state index contributed by atoms with van der Waals surface area (Å²) in [5.74, 6) is 0.430. The standard InChI is InChI=1S/C17H22N2O5/c20-10-13-9-18(7-8-23-11-13)16(21)5-6-19-14-3-1-2-4-15(14)24-12-17(19)22/h1-4,13,20H,5-12H2/t13-/m0/s1. The van der Waals surface area contributed by atoms with Gasteiger partial charge in [0, 0.05) is 38.6 Å². The van der Waals surface area contributed by atoms with Crippen LogP contribution in [0.25, 0.3) is 0 Å². The number of rotatable bonds is 4. The normalized spacial score (nSPS) is 21.0. The first-order valence-electron chi connectivity index (χ1n) is 8.17. The van der Waals surface area contributed by atoms with Crippen molar-refractivity contribution in [3.05, 3.63) is 24.3 Å². The van der Waals surface area contributed by atoms with E-state index in [0.717, 1.165) is 0 Å². The maximum Gasteiger partial charge on any atom is 0.265 e. The van der Waals surface area contributed by atoms with Gasteiger partial charge in [0.05, 0.1) is 18.9 Å². The van der Waals surface area contributed by atoms with E-state index in [-0.39, 0.29) is 37.4 Å². The average Bonchev–Trinajstić information content (AvgIpc) is 2.86. The van der Waals surface area contributed by atoms with Crippen molar-refractivity contribution < 1.29 is 24.2 Å². The predicted molar refractivity (Wildman–Crippen MR) is 86.9 cm³/mol. The molecule has 7 nitrogen and oxygen atoms in total. The molecule has 0 aromatic heterocycles. The highest BCUT2D eigenvalue weighted by atomic mass is 16.5. The van der Waals surface area contributed by atoms with Gasteiger partial charge in [-0.2, -0.15) is 0 Å². The number of carbonyl (C=O) groups is 2. The Kier molecular flexibility index (Phi) is 5.32. The number of fused-ring (bicyclic) bond motifs is 1. The quantitative estimate of drug-likeness (QED) is 0.855. The molecule has 2 aliphatic heterocycles. The summed E-state index contributed by atoms with van der Waals surface area (Å²) in [6.07, 6.45) is 0.234. The number of para-hydroxylation sites is 2. The number of ether oxygens (including phenoxy) is 2. The highest BCUT2D eigenvalue weighted by molar-refractivity contribution is 5.98. The fourth-order valence-corrected chi connectivity index (χ4v) is 2.98. The lowest BCUT2D eigenvalue weighted by molar-refractivity contribution is -0.131. The van der Waals surface area contributed by atoms with E-state index in [0.29, 0.717) is 44.3 Å². The van der Waals surface area contributed by atoms with Gasteiger partial charge in [0.2, 0.25) is 5.91 Å². The Labute approximate surface area is 140 Å². The second kappa shape index (κ2) is 7.63. The van der Waals surface area contributed by atoms with Crippen molar-refractivity contribution in [2.24, 2.45) is 5.92 Å². The van der Waals surface area contributed by atoms with E-state index in [2.05, 4.69) is 0 Å². The monoisotopic (exact) mass is 334 g/mol. The van der Waals surface area contributed by atoms with Gasteiger partial charge >= 0.3 is 0 Å². The molecule has 2 amide bonds. The summed E-state index contributed by atoms with van der Waals surface area (Å²) in [5.41, 5.74) is 0.703. The number of carbonyl (C=O) groups excluding carboxylic acids is 2. The Hall–Kier alpha value is -2.12. The summed E-state index contributed by atoms with van der Waals surface area (Å²) < 4.78 is 10.8. The number of amides is 2. The maximum absolute atomic E-state index is 12.5. The lowest BCUT2D eigenvalue weighted by Gasteiger charge is -2.30. The van der Waals surface area contributed by atoms with E-state index in [1.807, 2.05) is 24.3 Å². The molecule has 3 rings (SSSR count). The van der Waals surface area contributed by atoms with Gasteiger partial charge < -0.3 is 24.4 Å². The van der Waals surface area contributed by atoms with Crippen molar-refractivity contribution in [3.63, 3.8) is 0 Å². The van der Waals surface area contributed by atoms with Crippen molar-refractivity contribution in [2.45, 2.75) is 6.42 Å². The zero-order valence-corrected chi connectivity index (χ0v) is 13.5. The van der Waals surface area contributed by atoms with Crippen LogP contribution in [0.3, 0.4) is 0 Å². The molecular weight excluding hydrogens is 312 g/mol. The lowest BCUT2D eigenvalue weighted by atomic mass is 10.1. The molecule has 0 radical (unpaired) electrons. The number of hydrogen-bond acceptors (Lipinski definition) is 5. The van der Waals surface area contributed by atoms with Crippen LogP contribution >= 0.6 is 0 Å². The Morgan fingerprint density at radius 3 is 3.00 bits per heavy atom. The molecule has 24 heavy (non-hydrogen) atoms. The van der Waals surface area contributed by atoms with E-state index in [4.69, 9.17) is 9.47 Å². The first-order chi connectivity index (χ1) is 11.7. The SMILES string of the molecule is O=C(CCN1C(=O)COc2ccccc21)N1CCOC[C@H](CO)C1. The van der Waals surface area contributed by atoms with Crippen molar-refractivity contribution in [1.29, 1.82) is 0 Å². The molecule has 1 fully saturated rings. The molecule has 0 saturated carbocycles. The van der Waals surface area contributed by atoms with Crippen molar-refractivity contribution >= 4 is 17.5 Å². The minimum absolute atomic E-state index is 0.000888. The van der Waals surface area contributed by atoms with E-state index in [1.165, 1.54) is 0 Å². The van der Waals surface area contributed by atoms with Gasteiger partial charge in [0.15, 0.2) is 6.61 Å². The summed E-state index contributed by atoms with van der Waals surface area (Å²) in [6, 6.07) is 7.32. The van der Waals surface area contributed by atoms with Crippen LogP contribution in [0.5, 0.6) is 5.75 Å². The largest absolute Gasteiger partial charge is 0.482 e. The number of aliphatic hydroxyl groups excluding tert-OH is 1. The van der Waals surface area contributed by atoms with Crippen LogP contribution in [-0.2, 0) is 14.3 Å². The smallest absolute Gasteiger partial charge is 0.265 e. The fraction of sp³-hybridized carbons (Fsp3) is 0.529. The molecule has 7 heteroatoms. The fourth-order valence-electron chi connectivity index (χ4n) is 2.98. The van der Waals surface area contributed by atoms with Crippen LogP contribution in [0, 0.1) is 5.92 Å². The van der Waals surface area contributed by atoms with Crippen molar-refractivity contribution in [1.82, 2.24) is 4.90 Å². The molecule has 0 unspecified atom stereocenters. The zero-order chi connectivity index (χ0) is 16.9. The van der Waals surface area contributed by atoms with Gasteiger partial charge in [-0.05, 0) is 12.1 Å². The summed E-state index contributed by atoms with van der Waals surface area (Å²) in [6.45, 7) is 2.26. The summed E-state index contributed by atoms with van der Waals surface area (Å²) in [5, 5.41) is 9.31. The predicted octanol–water partition coefficient (Wildman–Crippen LogP) is 0.269. The van der Waals surface area contributed by atoms with Gasteiger partial charge in [0.1, 0.15) is 5.75 Å². The number of hydrogen-bond donors (Lipinski definition) is 1. The van der Waals surface area contributed by atoms with Crippen LogP contribution < -0.4 is 9.64 Å². The topological polar surface area (TPSA) is 79.3 Å². The Bertz CT molecular complexity index is 606. The van der Waals surface area contributed by atoms with Gasteiger partial charge in [-0.15, -0.1) is 0 Å². The second-order valence-corrected chi connectivity index (χ2v) is 6.02. The first kappa shape index (κ1) is 16.7. The summed E-state index contributed by atoms with van der Waals surface area (Å²) in [7, 11) is 0. The van der Waals surface area contributed by atoms with Crippen LogP contribution in [0.4, 0.5) is 5.69 Å². The van der Waals surface area contributed by atoms with E-state index < -0.39 is 0 Å². The Morgan fingerprint density at radius 2 is 2.17 bits per heavy atom. The highest BCUT2D eigenvalue weighted by Gasteiger charge is 2.27. The molecule has 0 bridgehead atoms. The summed E-state index contributed by atoms with van der Waals surface area (Å²) in [4.78, 5) is 27.9. The first-order valence-corrected chi connectivity index (χ1v) is 8.17. The molecule has 1 saturated heterocycles. The molecule has 130 valence electrons. The van der Waals surface area contributed by atoms with E-state index in [1.54, 1.807) is 9.80 Å². The third kappa shape index (κ3) is 3.68. The molecule has 0 aliphatic carbocycles. The molecule has 2 aliphatic rings. The van der Waals surface area contributed by atoms with Crippen LogP contribution in [0.15, 0.2) is 24.3 Å². The average molecular weight is 334 g/mol. The van der Waals surface area contributed by atoms with E-state index >= 15 is 0 Å². The zero-order valence-electron chi connectivity index (χ0n) is 13.5. The number of benzene rings is 1. The minimum Gasteiger partial charge on any atom is -0.482 e. The van der Waals surface area contributed by atoms with Crippen LogP contribution in [0.2, 0.25) is 0 Å². The molecule has 1 atom stereocenters. The number of nitrogens with zero attached hydrogens (tertiary/aromatic N) is 2. The van der Waals surface area contributed by atoms with Crippen molar-refractivity contribution in [2.75, 3.05) is 51.0 Å². The van der Waals surface area contributed by atoms with Gasteiger partial charge in [0.25, 0.3) is 5.91 Å². The lowest BCUT2D eigenvalue weighted by Crippen LogP contribution is -2.42. The molecule has 1 aromatic rings. The molecule has 0 spiro atoms. The Balaban J connectivity index is 1.62. The van der Waals surface area contributed by atoms with Crippen LogP contribution in [-0.4, -0.2) is 67.9 Å². The van der Waals surface area contributed by atoms with Gasteiger partial charge in [-0.25, -0.2) is 0 Å². The minimum atomic E-state index is -0.145. The maximum atomic E-state index is 12.5. The van der Waals surface area contributed by atoms with Crippen LogP contribution in [0.1, 0.15) is 6.42 Å². The third-order valence-corrected chi connectivity index (χ3v) is 4.31. The molecule has 1 N–H and O–H groups in total. The van der Waals surface area contributed by atoms with Gasteiger partial charge in [-0.3, -0.25) is 9.59 Å². The van der Waals surface area contributed by atoms with E-state index in [9.17, 15) is 14.7 Å². The molecule has 1 aromatic carbocycles. The van der Waals surface area contributed by atoms with Crippen molar-refractivity contribution in [3.8, 4) is 5.75 Å². The molecular formula is C17H22N2O5. The Morgan fingerprint density at radius 1 is 1.33 bits per heavy atom.